The van der Waals surface area contributed by atoms with Gasteiger partial charge in [0.2, 0.25) is 0 Å². The number of nitrogens with one attached hydrogen (secondary N) is 1. The van der Waals surface area contributed by atoms with Crippen molar-refractivity contribution < 1.29 is 5.11 Å². The molecule has 0 saturated heterocycles. The molecule has 1 aliphatic rings. The molecule has 0 amide bonds. The minimum absolute atomic E-state index is 0.142. The molecule has 88 valence electrons. The minimum atomic E-state index is -0.295. The fourth-order valence-corrected chi connectivity index (χ4v) is 1.86. The molecule has 16 heavy (non-hydrogen) atoms. The topological polar surface area (TPSA) is 32.3 Å². The van der Waals surface area contributed by atoms with Crippen LogP contribution in [0, 0.1) is 12.8 Å². The Morgan fingerprint density at radius 1 is 1.31 bits per heavy atom. The Bertz CT molecular complexity index is 342. The van der Waals surface area contributed by atoms with Gasteiger partial charge in [0.25, 0.3) is 0 Å². The molecule has 0 radical (unpaired) electrons. The molecule has 0 aliphatic heterocycles. The minimum Gasteiger partial charge on any atom is -0.394 e. The van der Waals surface area contributed by atoms with Gasteiger partial charge in [0.05, 0.1) is 12.1 Å². The van der Waals surface area contributed by atoms with Gasteiger partial charge in [0.1, 0.15) is 0 Å². The van der Waals surface area contributed by atoms with Crippen LogP contribution in [0.15, 0.2) is 24.3 Å². The van der Waals surface area contributed by atoms with E-state index in [2.05, 4.69) is 43.4 Å². The van der Waals surface area contributed by atoms with E-state index < -0.39 is 0 Å². The predicted octanol–water partition coefficient (Wildman–Crippen LogP) is 2.20. The summed E-state index contributed by atoms with van der Waals surface area (Å²) in [6.07, 6.45) is 2.67. The van der Waals surface area contributed by atoms with Crippen LogP contribution in [0.3, 0.4) is 0 Å². The maximum absolute atomic E-state index is 9.58. The lowest BCUT2D eigenvalue weighted by molar-refractivity contribution is 0.174. The van der Waals surface area contributed by atoms with Crippen molar-refractivity contribution in [3.63, 3.8) is 0 Å². The van der Waals surface area contributed by atoms with E-state index in [1.54, 1.807) is 0 Å². The van der Waals surface area contributed by atoms with E-state index in [9.17, 15) is 5.11 Å². The second kappa shape index (κ2) is 4.56. The molecule has 1 saturated carbocycles. The Kier molecular flexibility index (Phi) is 3.31. The maximum Gasteiger partial charge on any atom is 0.0652 e. The molecule has 0 heterocycles. The van der Waals surface area contributed by atoms with Gasteiger partial charge in [-0.05, 0) is 44.7 Å². The standard InChI is InChI=1S/C14H21NO/c1-11-3-7-13(8-4-11)14(2,10-16)15-9-12-5-6-12/h3-4,7-8,12,15-16H,5-6,9-10H2,1-2H3. The molecular weight excluding hydrogens is 198 g/mol. The zero-order valence-electron chi connectivity index (χ0n) is 10.2. The zero-order valence-corrected chi connectivity index (χ0v) is 10.2. The van der Waals surface area contributed by atoms with Crippen molar-refractivity contribution in [3.05, 3.63) is 35.4 Å². The quantitative estimate of drug-likeness (QED) is 0.795. The highest BCUT2D eigenvalue weighted by molar-refractivity contribution is 5.27. The van der Waals surface area contributed by atoms with Crippen molar-refractivity contribution in [1.29, 1.82) is 0 Å². The Morgan fingerprint density at radius 2 is 1.94 bits per heavy atom. The summed E-state index contributed by atoms with van der Waals surface area (Å²) in [6, 6.07) is 8.40. The Hall–Kier alpha value is -0.860. The maximum atomic E-state index is 9.58. The molecule has 1 atom stereocenters. The summed E-state index contributed by atoms with van der Waals surface area (Å²) in [4.78, 5) is 0. The van der Waals surface area contributed by atoms with Crippen LogP contribution in [0.1, 0.15) is 30.9 Å². The van der Waals surface area contributed by atoms with Crippen LogP contribution in [0.25, 0.3) is 0 Å². The second-order valence-electron chi connectivity index (χ2n) is 5.18. The van der Waals surface area contributed by atoms with Crippen molar-refractivity contribution in [2.75, 3.05) is 13.2 Å². The van der Waals surface area contributed by atoms with Crippen LogP contribution in [0.2, 0.25) is 0 Å². The van der Waals surface area contributed by atoms with Crippen LogP contribution < -0.4 is 5.32 Å². The second-order valence-corrected chi connectivity index (χ2v) is 5.18. The number of hydrogen-bond donors (Lipinski definition) is 2. The first-order valence-corrected chi connectivity index (χ1v) is 6.07. The van der Waals surface area contributed by atoms with E-state index in [-0.39, 0.29) is 12.1 Å². The van der Waals surface area contributed by atoms with E-state index in [1.165, 1.54) is 24.0 Å². The molecule has 2 rings (SSSR count). The van der Waals surface area contributed by atoms with Gasteiger partial charge < -0.3 is 10.4 Å². The number of aliphatic hydroxyl groups excluding tert-OH is 1. The average molecular weight is 219 g/mol. The summed E-state index contributed by atoms with van der Waals surface area (Å²) in [5.41, 5.74) is 2.13. The van der Waals surface area contributed by atoms with Gasteiger partial charge in [-0.1, -0.05) is 29.8 Å². The molecule has 1 aromatic carbocycles. The van der Waals surface area contributed by atoms with Crippen LogP contribution in [-0.2, 0) is 5.54 Å². The number of benzene rings is 1. The molecule has 0 aromatic heterocycles. The van der Waals surface area contributed by atoms with E-state index in [4.69, 9.17) is 0 Å². The van der Waals surface area contributed by atoms with E-state index in [0.717, 1.165) is 12.5 Å². The summed E-state index contributed by atoms with van der Waals surface area (Å²) in [7, 11) is 0. The third-order valence-corrected chi connectivity index (χ3v) is 3.48. The predicted molar refractivity (Wildman–Crippen MR) is 66.3 cm³/mol. The van der Waals surface area contributed by atoms with Crippen LogP contribution >= 0.6 is 0 Å². The molecule has 2 nitrogen and oxygen atoms in total. The van der Waals surface area contributed by atoms with Crippen LogP contribution in [0.4, 0.5) is 0 Å². The molecule has 1 aromatic rings. The Morgan fingerprint density at radius 3 is 2.44 bits per heavy atom. The first-order valence-electron chi connectivity index (χ1n) is 6.07. The number of hydrogen-bond acceptors (Lipinski definition) is 2. The monoisotopic (exact) mass is 219 g/mol. The normalized spacial score (nSPS) is 19.4. The SMILES string of the molecule is Cc1ccc(C(C)(CO)NCC2CC2)cc1. The highest BCUT2D eigenvalue weighted by Crippen LogP contribution is 2.29. The highest BCUT2D eigenvalue weighted by atomic mass is 16.3. The first kappa shape index (κ1) is 11.6. The summed E-state index contributed by atoms with van der Waals surface area (Å²) in [5.74, 6) is 0.830. The molecule has 0 spiro atoms. The lowest BCUT2D eigenvalue weighted by atomic mass is 9.92. The highest BCUT2D eigenvalue weighted by Gasteiger charge is 2.29. The van der Waals surface area contributed by atoms with Gasteiger partial charge in [-0.3, -0.25) is 0 Å². The summed E-state index contributed by atoms with van der Waals surface area (Å²) in [5, 5.41) is 13.1. The molecule has 1 fully saturated rings. The van der Waals surface area contributed by atoms with Crippen molar-refractivity contribution in [1.82, 2.24) is 5.32 Å². The van der Waals surface area contributed by atoms with E-state index in [0.29, 0.717) is 0 Å². The van der Waals surface area contributed by atoms with Crippen molar-refractivity contribution in [2.45, 2.75) is 32.2 Å². The number of aliphatic hydroxyl groups is 1. The van der Waals surface area contributed by atoms with Gasteiger partial charge in [-0.25, -0.2) is 0 Å². The van der Waals surface area contributed by atoms with Gasteiger partial charge in [0.15, 0.2) is 0 Å². The van der Waals surface area contributed by atoms with E-state index >= 15 is 0 Å². The number of aryl methyl sites for hydroxylation is 1. The van der Waals surface area contributed by atoms with Gasteiger partial charge in [-0.15, -0.1) is 0 Å². The van der Waals surface area contributed by atoms with Crippen LogP contribution in [0.5, 0.6) is 0 Å². The summed E-state index contributed by atoms with van der Waals surface area (Å²) in [6.45, 7) is 5.31. The van der Waals surface area contributed by atoms with E-state index in [1.807, 2.05) is 0 Å². The summed E-state index contributed by atoms with van der Waals surface area (Å²) >= 11 is 0. The molecule has 0 bridgehead atoms. The molecule has 2 N–H and O–H groups in total. The fraction of sp³-hybridized carbons (Fsp3) is 0.571. The molecule has 2 heteroatoms. The van der Waals surface area contributed by atoms with Gasteiger partial charge in [0, 0.05) is 0 Å². The molecule has 1 unspecified atom stereocenters. The lowest BCUT2D eigenvalue weighted by Crippen LogP contribution is -2.43. The number of rotatable bonds is 5. The zero-order chi connectivity index (χ0) is 11.6. The van der Waals surface area contributed by atoms with Gasteiger partial charge >= 0.3 is 0 Å². The van der Waals surface area contributed by atoms with Crippen molar-refractivity contribution in [2.24, 2.45) is 5.92 Å². The largest absolute Gasteiger partial charge is 0.394 e. The fourth-order valence-electron chi connectivity index (χ4n) is 1.86. The summed E-state index contributed by atoms with van der Waals surface area (Å²) < 4.78 is 0. The Balaban J connectivity index is 2.08. The third-order valence-electron chi connectivity index (χ3n) is 3.48. The van der Waals surface area contributed by atoms with Gasteiger partial charge in [-0.2, -0.15) is 0 Å². The molecular formula is C14H21NO. The van der Waals surface area contributed by atoms with Crippen molar-refractivity contribution in [3.8, 4) is 0 Å². The Labute approximate surface area is 97.7 Å². The first-order chi connectivity index (χ1) is 7.64. The average Bonchev–Trinajstić information content (AvgIpc) is 3.11. The lowest BCUT2D eigenvalue weighted by Gasteiger charge is -2.29. The molecule has 1 aliphatic carbocycles. The smallest absolute Gasteiger partial charge is 0.0652 e. The van der Waals surface area contributed by atoms with Crippen LogP contribution in [-0.4, -0.2) is 18.3 Å². The van der Waals surface area contributed by atoms with Crippen molar-refractivity contribution >= 4 is 0 Å². The third kappa shape index (κ3) is 2.63.